The minimum absolute atomic E-state index is 0.389. The van der Waals surface area contributed by atoms with Crippen molar-refractivity contribution < 1.29 is 24.3 Å². The minimum atomic E-state index is -1.02. The van der Waals surface area contributed by atoms with Gasteiger partial charge in [-0.3, -0.25) is 9.78 Å². The number of carbonyl (C=O) groups is 2. The molecule has 2 rings (SSSR count). The molecule has 1 aliphatic heterocycles. The molecule has 2 heterocycles. The predicted octanol–water partition coefficient (Wildman–Crippen LogP) is 1.77. The molecule has 0 radical (unpaired) electrons. The minimum Gasteiger partial charge on any atom is -0.478 e. The summed E-state index contributed by atoms with van der Waals surface area (Å²) in [6, 6.07) is 3.38. The van der Waals surface area contributed by atoms with E-state index in [1.54, 1.807) is 12.1 Å². The van der Waals surface area contributed by atoms with Gasteiger partial charge in [-0.25, -0.2) is 15.1 Å². The summed E-state index contributed by atoms with van der Waals surface area (Å²) in [5.74, 6) is -1.43. The van der Waals surface area contributed by atoms with Crippen molar-refractivity contribution in [3.63, 3.8) is 0 Å². The predicted molar refractivity (Wildman–Crippen MR) is 82.8 cm³/mol. The number of pyridine rings is 1. The van der Waals surface area contributed by atoms with Gasteiger partial charge in [-0.05, 0) is 36.6 Å². The molecule has 122 valence electrons. The van der Waals surface area contributed by atoms with E-state index in [4.69, 9.17) is 14.7 Å². The molecule has 1 saturated heterocycles. The number of carboxylic acid groups (broad SMARTS) is 1. The van der Waals surface area contributed by atoms with Crippen LogP contribution in [0, 0.1) is 0 Å². The zero-order valence-corrected chi connectivity index (χ0v) is 12.5. The first-order valence-corrected chi connectivity index (χ1v) is 7.26. The highest BCUT2D eigenvalue weighted by Crippen LogP contribution is 2.12. The molecule has 1 aromatic heterocycles. The van der Waals surface area contributed by atoms with Gasteiger partial charge in [-0.2, -0.15) is 0 Å². The van der Waals surface area contributed by atoms with Gasteiger partial charge in [0.25, 0.3) is 5.91 Å². The van der Waals surface area contributed by atoms with Gasteiger partial charge >= 0.3 is 5.97 Å². The van der Waals surface area contributed by atoms with Crippen LogP contribution in [-0.2, 0) is 19.2 Å². The third kappa shape index (κ3) is 6.41. The van der Waals surface area contributed by atoms with Crippen LogP contribution in [0.3, 0.4) is 0 Å². The van der Waals surface area contributed by atoms with E-state index in [1.165, 1.54) is 24.4 Å². The Morgan fingerprint density at radius 3 is 2.83 bits per heavy atom. The number of rotatable bonds is 6. The largest absolute Gasteiger partial charge is 0.478 e. The van der Waals surface area contributed by atoms with Gasteiger partial charge in [0, 0.05) is 31.4 Å². The molecular weight excluding hydrogens is 300 g/mol. The van der Waals surface area contributed by atoms with E-state index in [1.807, 2.05) is 0 Å². The molecule has 0 aliphatic carbocycles. The second kappa shape index (κ2) is 8.82. The highest BCUT2D eigenvalue weighted by molar-refractivity contribution is 5.90. The van der Waals surface area contributed by atoms with Crippen LogP contribution in [0.4, 0.5) is 0 Å². The van der Waals surface area contributed by atoms with Gasteiger partial charge in [0.15, 0.2) is 6.29 Å². The normalized spacial score (nSPS) is 18.3. The molecule has 0 saturated carbocycles. The van der Waals surface area contributed by atoms with Crippen LogP contribution >= 0.6 is 0 Å². The van der Waals surface area contributed by atoms with Crippen LogP contribution in [0.2, 0.25) is 0 Å². The second-order valence-corrected chi connectivity index (χ2v) is 4.90. The highest BCUT2D eigenvalue weighted by atomic mass is 16.8. The van der Waals surface area contributed by atoms with Crippen molar-refractivity contribution >= 4 is 24.0 Å². The molecule has 2 N–H and O–H groups in total. The molecule has 0 aromatic carbocycles. The molecule has 7 heteroatoms. The lowest BCUT2D eigenvalue weighted by Crippen LogP contribution is -2.32. The molecular formula is C16H18N2O5. The van der Waals surface area contributed by atoms with Gasteiger partial charge in [-0.1, -0.05) is 6.07 Å². The fraction of sp³-hybridized carbons (Fsp3) is 0.312. The van der Waals surface area contributed by atoms with Crippen molar-refractivity contribution in [1.82, 2.24) is 10.5 Å². The Morgan fingerprint density at radius 1 is 1.30 bits per heavy atom. The first-order chi connectivity index (χ1) is 11.1. The van der Waals surface area contributed by atoms with Crippen LogP contribution in [0.5, 0.6) is 0 Å². The molecule has 0 spiro atoms. The number of aliphatic carboxylic acids is 1. The maximum absolute atomic E-state index is 11.6. The summed E-state index contributed by atoms with van der Waals surface area (Å²) >= 11 is 0. The molecule has 1 aromatic rings. The van der Waals surface area contributed by atoms with Crippen molar-refractivity contribution in [1.29, 1.82) is 0 Å². The summed E-state index contributed by atoms with van der Waals surface area (Å²) in [7, 11) is 0. The number of ether oxygens (including phenoxy) is 1. The first-order valence-electron chi connectivity index (χ1n) is 7.26. The quantitative estimate of drug-likeness (QED) is 0.613. The lowest BCUT2D eigenvalue weighted by molar-refractivity contribution is -0.198. The fourth-order valence-corrected chi connectivity index (χ4v) is 1.90. The number of hydrogen-bond donors (Lipinski definition) is 2. The van der Waals surface area contributed by atoms with Gasteiger partial charge in [0.1, 0.15) is 0 Å². The fourth-order valence-electron chi connectivity index (χ4n) is 1.90. The van der Waals surface area contributed by atoms with E-state index >= 15 is 0 Å². The summed E-state index contributed by atoms with van der Waals surface area (Å²) in [5, 5.41) is 8.54. The summed E-state index contributed by atoms with van der Waals surface area (Å²) < 4.78 is 5.32. The van der Waals surface area contributed by atoms with E-state index < -0.39 is 11.9 Å². The topological polar surface area (TPSA) is 97.8 Å². The zero-order chi connectivity index (χ0) is 16.5. The summed E-state index contributed by atoms with van der Waals surface area (Å²) in [5.41, 5.74) is 3.54. The van der Waals surface area contributed by atoms with Crippen molar-refractivity contribution in [3.05, 3.63) is 41.7 Å². The second-order valence-electron chi connectivity index (χ2n) is 4.90. The van der Waals surface area contributed by atoms with E-state index in [2.05, 4.69) is 10.5 Å². The third-order valence-electron chi connectivity index (χ3n) is 3.06. The van der Waals surface area contributed by atoms with E-state index in [9.17, 15) is 9.59 Å². The molecule has 1 fully saturated rings. The molecule has 1 unspecified atom stereocenters. The Kier molecular flexibility index (Phi) is 6.46. The van der Waals surface area contributed by atoms with Gasteiger partial charge in [-0.15, -0.1) is 0 Å². The molecule has 0 bridgehead atoms. The third-order valence-corrected chi connectivity index (χ3v) is 3.06. The van der Waals surface area contributed by atoms with Crippen molar-refractivity contribution in [2.24, 2.45) is 0 Å². The number of hydrogen-bond acceptors (Lipinski definition) is 5. The van der Waals surface area contributed by atoms with E-state index in [0.717, 1.165) is 25.3 Å². The summed E-state index contributed by atoms with van der Waals surface area (Å²) in [6.45, 7) is 0.642. The molecule has 7 nitrogen and oxygen atoms in total. The average Bonchev–Trinajstić information content (AvgIpc) is 2.58. The lowest BCUT2D eigenvalue weighted by atomic mass is 10.2. The van der Waals surface area contributed by atoms with Gasteiger partial charge in [0.05, 0.1) is 5.69 Å². The maximum atomic E-state index is 11.6. The molecule has 1 aliphatic rings. The average molecular weight is 318 g/mol. The van der Waals surface area contributed by atoms with E-state index in [-0.39, 0.29) is 6.29 Å². The monoisotopic (exact) mass is 318 g/mol. The smallest absolute Gasteiger partial charge is 0.328 e. The Balaban J connectivity index is 1.79. The number of aromatic nitrogens is 1. The Morgan fingerprint density at radius 2 is 2.17 bits per heavy atom. The zero-order valence-electron chi connectivity index (χ0n) is 12.5. The Bertz CT molecular complexity index is 589. The number of amides is 1. The van der Waals surface area contributed by atoms with E-state index in [0.29, 0.717) is 17.9 Å². The van der Waals surface area contributed by atoms with Crippen LogP contribution in [-0.4, -0.2) is 34.9 Å². The number of carbonyl (C=O) groups excluding carboxylic acids is 1. The Labute approximate surface area is 133 Å². The first kappa shape index (κ1) is 16.9. The summed E-state index contributed by atoms with van der Waals surface area (Å²) in [4.78, 5) is 31.3. The number of hydroxylamine groups is 1. The van der Waals surface area contributed by atoms with Gasteiger partial charge < -0.3 is 9.84 Å². The van der Waals surface area contributed by atoms with Crippen LogP contribution < -0.4 is 5.48 Å². The SMILES string of the molecule is O=C(O)/C=C/c1ccc(/C=C/C(=O)NOC2CCCCO2)nc1. The highest BCUT2D eigenvalue weighted by Gasteiger charge is 2.14. The number of carboxylic acids is 1. The van der Waals surface area contributed by atoms with Gasteiger partial charge in [0.2, 0.25) is 0 Å². The number of nitrogens with one attached hydrogen (secondary N) is 1. The van der Waals surface area contributed by atoms with Crippen LogP contribution in [0.1, 0.15) is 30.5 Å². The maximum Gasteiger partial charge on any atom is 0.328 e. The van der Waals surface area contributed by atoms with Crippen molar-refractivity contribution in [3.8, 4) is 0 Å². The molecule has 23 heavy (non-hydrogen) atoms. The molecule has 1 amide bonds. The van der Waals surface area contributed by atoms with Crippen molar-refractivity contribution in [2.45, 2.75) is 25.6 Å². The van der Waals surface area contributed by atoms with Crippen LogP contribution in [0.25, 0.3) is 12.2 Å². The lowest BCUT2D eigenvalue weighted by Gasteiger charge is -2.21. The standard InChI is InChI=1S/C16H18N2O5/c19-14(18-23-16-3-1-2-10-22-16)8-7-13-6-4-12(11-17-13)5-9-15(20)21/h4-9,11,16H,1-3,10H2,(H,18,19)(H,20,21)/b8-7+,9-5+. The molecule has 1 atom stereocenters. The Hall–Kier alpha value is -2.51. The van der Waals surface area contributed by atoms with Crippen LogP contribution in [0.15, 0.2) is 30.5 Å². The summed E-state index contributed by atoms with van der Waals surface area (Å²) in [6.07, 6.45) is 9.22. The number of nitrogens with zero attached hydrogens (tertiary/aromatic N) is 1. The van der Waals surface area contributed by atoms with Crippen molar-refractivity contribution in [2.75, 3.05) is 6.61 Å².